The van der Waals surface area contributed by atoms with Crippen molar-refractivity contribution in [3.8, 4) is 5.75 Å². The van der Waals surface area contributed by atoms with Gasteiger partial charge in [0.15, 0.2) is 6.61 Å². The molecule has 0 saturated heterocycles. The maximum Gasteiger partial charge on any atom is 0.277 e. The van der Waals surface area contributed by atoms with Gasteiger partial charge in [-0.25, -0.2) is 5.43 Å². The Kier molecular flexibility index (Phi) is 5.18. The Balaban J connectivity index is 1.58. The molecule has 0 aliphatic rings. The quantitative estimate of drug-likeness (QED) is 0.541. The first-order valence-corrected chi connectivity index (χ1v) is 8.06. The first-order chi connectivity index (χ1) is 11.7. The van der Waals surface area contributed by atoms with Crippen LogP contribution in [0.4, 0.5) is 0 Å². The van der Waals surface area contributed by atoms with Gasteiger partial charge in [0.2, 0.25) is 0 Å². The minimum atomic E-state index is -0.341. The third-order valence-electron chi connectivity index (χ3n) is 3.25. The fraction of sp³-hybridized carbons (Fsp3) is 0.0556. The number of hydrogen-bond acceptors (Lipinski definition) is 4. The van der Waals surface area contributed by atoms with Crippen LogP contribution in [0.2, 0.25) is 0 Å². The van der Waals surface area contributed by atoms with Gasteiger partial charge in [-0.2, -0.15) is 5.10 Å². The second kappa shape index (κ2) is 7.70. The molecule has 1 aromatic heterocycles. The van der Waals surface area contributed by atoms with Crippen molar-refractivity contribution in [2.24, 2.45) is 5.10 Å². The number of fused-ring (bicyclic) bond motifs is 1. The Morgan fingerprint density at radius 1 is 1.17 bits per heavy atom. The molecule has 0 bridgehead atoms. The van der Waals surface area contributed by atoms with Crippen LogP contribution in [0.15, 0.2) is 70.4 Å². The van der Waals surface area contributed by atoms with E-state index in [1.165, 1.54) is 0 Å². The van der Waals surface area contributed by atoms with Gasteiger partial charge in [0.05, 0.1) is 6.21 Å². The number of carbonyl (C=O) groups excluding carboxylic acids is 1. The standard InChI is InChI=1S/C18H14BrN3O2/c19-15-8-2-1-5-14(15)11-21-22-17(23)12-24-16-9-3-6-13-7-4-10-20-18(13)16/h1-11H,12H2,(H,22,23)/b21-11-. The van der Waals surface area contributed by atoms with E-state index < -0.39 is 0 Å². The highest BCUT2D eigenvalue weighted by atomic mass is 79.9. The lowest BCUT2D eigenvalue weighted by Crippen LogP contribution is -2.24. The molecule has 0 fully saturated rings. The molecule has 6 heteroatoms. The summed E-state index contributed by atoms with van der Waals surface area (Å²) < 4.78 is 6.45. The van der Waals surface area contributed by atoms with E-state index in [0.29, 0.717) is 5.75 Å². The van der Waals surface area contributed by atoms with Gasteiger partial charge in [0.25, 0.3) is 5.91 Å². The Bertz CT molecular complexity index is 891. The zero-order valence-electron chi connectivity index (χ0n) is 12.6. The van der Waals surface area contributed by atoms with Crippen LogP contribution in [-0.2, 0) is 4.79 Å². The first-order valence-electron chi connectivity index (χ1n) is 7.27. The molecule has 3 aromatic rings. The Labute approximate surface area is 147 Å². The number of rotatable bonds is 5. The number of aromatic nitrogens is 1. The van der Waals surface area contributed by atoms with E-state index in [2.05, 4.69) is 31.4 Å². The fourth-order valence-corrected chi connectivity index (χ4v) is 2.51. The highest BCUT2D eigenvalue weighted by Gasteiger charge is 2.06. The fourth-order valence-electron chi connectivity index (χ4n) is 2.12. The van der Waals surface area contributed by atoms with E-state index in [1.807, 2.05) is 48.5 Å². The molecular weight excluding hydrogens is 370 g/mol. The van der Waals surface area contributed by atoms with Crippen LogP contribution in [-0.4, -0.2) is 23.7 Å². The molecule has 1 amide bonds. The number of nitrogens with one attached hydrogen (secondary N) is 1. The number of pyridine rings is 1. The third-order valence-corrected chi connectivity index (χ3v) is 3.97. The number of carbonyl (C=O) groups is 1. The van der Waals surface area contributed by atoms with Crippen molar-refractivity contribution in [2.45, 2.75) is 0 Å². The van der Waals surface area contributed by atoms with Gasteiger partial charge in [-0.15, -0.1) is 0 Å². The summed E-state index contributed by atoms with van der Waals surface area (Å²) in [5, 5.41) is 4.89. The van der Waals surface area contributed by atoms with Crippen LogP contribution in [0.3, 0.4) is 0 Å². The summed E-state index contributed by atoms with van der Waals surface area (Å²) in [6.07, 6.45) is 3.26. The molecule has 1 N–H and O–H groups in total. The summed E-state index contributed by atoms with van der Waals surface area (Å²) >= 11 is 3.41. The summed E-state index contributed by atoms with van der Waals surface area (Å²) in [4.78, 5) is 16.1. The van der Waals surface area contributed by atoms with E-state index in [9.17, 15) is 4.79 Å². The Hall–Kier alpha value is -2.73. The van der Waals surface area contributed by atoms with E-state index >= 15 is 0 Å². The van der Waals surface area contributed by atoms with Crippen LogP contribution in [0.1, 0.15) is 5.56 Å². The summed E-state index contributed by atoms with van der Waals surface area (Å²) in [5.74, 6) is 0.226. The van der Waals surface area contributed by atoms with Gasteiger partial charge in [-0.1, -0.05) is 52.3 Å². The molecular formula is C18H14BrN3O2. The molecule has 3 rings (SSSR count). The molecule has 0 spiro atoms. The maximum absolute atomic E-state index is 11.8. The second-order valence-corrected chi connectivity index (χ2v) is 5.79. The highest BCUT2D eigenvalue weighted by molar-refractivity contribution is 9.10. The van der Waals surface area contributed by atoms with Gasteiger partial charge in [-0.05, 0) is 18.2 Å². The molecule has 24 heavy (non-hydrogen) atoms. The monoisotopic (exact) mass is 383 g/mol. The van der Waals surface area contributed by atoms with Crippen molar-refractivity contribution in [3.05, 3.63) is 70.8 Å². The second-order valence-electron chi connectivity index (χ2n) is 4.93. The molecule has 0 atom stereocenters. The molecule has 1 heterocycles. The predicted molar refractivity (Wildman–Crippen MR) is 97.1 cm³/mol. The van der Waals surface area contributed by atoms with Gasteiger partial charge < -0.3 is 4.74 Å². The number of nitrogens with zero attached hydrogens (tertiary/aromatic N) is 2. The van der Waals surface area contributed by atoms with Crippen molar-refractivity contribution in [2.75, 3.05) is 6.61 Å². The first kappa shape index (κ1) is 16.1. The topological polar surface area (TPSA) is 63.6 Å². The minimum absolute atomic E-state index is 0.136. The zero-order valence-corrected chi connectivity index (χ0v) is 14.2. The van der Waals surface area contributed by atoms with Gasteiger partial charge in [0, 0.05) is 21.6 Å². The van der Waals surface area contributed by atoms with Crippen molar-refractivity contribution >= 4 is 39.0 Å². The average Bonchev–Trinajstić information content (AvgIpc) is 2.61. The van der Waals surface area contributed by atoms with Gasteiger partial charge >= 0.3 is 0 Å². The number of benzene rings is 2. The molecule has 5 nitrogen and oxygen atoms in total. The molecule has 0 unspecified atom stereocenters. The lowest BCUT2D eigenvalue weighted by molar-refractivity contribution is -0.123. The Morgan fingerprint density at radius 2 is 2.00 bits per heavy atom. The van der Waals surface area contributed by atoms with Crippen LogP contribution in [0, 0.1) is 0 Å². The molecule has 0 saturated carbocycles. The maximum atomic E-state index is 11.8. The number of ether oxygens (including phenoxy) is 1. The van der Waals surface area contributed by atoms with Crippen LogP contribution >= 0.6 is 15.9 Å². The summed E-state index contributed by atoms with van der Waals surface area (Å²) in [6.45, 7) is -0.136. The summed E-state index contributed by atoms with van der Waals surface area (Å²) in [6, 6.07) is 17.0. The smallest absolute Gasteiger partial charge is 0.277 e. The Morgan fingerprint density at radius 3 is 2.88 bits per heavy atom. The van der Waals surface area contributed by atoms with E-state index in [-0.39, 0.29) is 12.5 Å². The van der Waals surface area contributed by atoms with Crippen LogP contribution in [0.5, 0.6) is 5.75 Å². The largest absolute Gasteiger partial charge is 0.481 e. The molecule has 0 radical (unpaired) electrons. The van der Waals surface area contributed by atoms with Crippen LogP contribution in [0.25, 0.3) is 10.9 Å². The number of amides is 1. The van der Waals surface area contributed by atoms with Crippen molar-refractivity contribution in [3.63, 3.8) is 0 Å². The van der Waals surface area contributed by atoms with E-state index in [1.54, 1.807) is 18.5 Å². The summed E-state index contributed by atoms with van der Waals surface area (Å²) in [7, 11) is 0. The highest BCUT2D eigenvalue weighted by Crippen LogP contribution is 2.22. The number of hydrazone groups is 1. The number of hydrogen-bond donors (Lipinski definition) is 1. The normalized spacial score (nSPS) is 10.9. The molecule has 0 aliphatic carbocycles. The molecule has 2 aromatic carbocycles. The van der Waals surface area contributed by atoms with Crippen molar-refractivity contribution in [1.82, 2.24) is 10.4 Å². The predicted octanol–water partition coefficient (Wildman–Crippen LogP) is 3.53. The number of halogens is 1. The van der Waals surface area contributed by atoms with Crippen molar-refractivity contribution in [1.29, 1.82) is 0 Å². The SMILES string of the molecule is O=C(COc1cccc2cccnc12)N/N=C\c1ccccc1Br. The van der Waals surface area contributed by atoms with Gasteiger partial charge in [0.1, 0.15) is 11.3 Å². The van der Waals surface area contributed by atoms with Gasteiger partial charge in [-0.3, -0.25) is 9.78 Å². The average molecular weight is 384 g/mol. The molecule has 120 valence electrons. The lowest BCUT2D eigenvalue weighted by Gasteiger charge is -2.07. The lowest BCUT2D eigenvalue weighted by atomic mass is 10.2. The molecule has 0 aliphatic heterocycles. The zero-order chi connectivity index (χ0) is 16.8. The minimum Gasteiger partial charge on any atom is -0.481 e. The van der Waals surface area contributed by atoms with Crippen molar-refractivity contribution < 1.29 is 9.53 Å². The number of para-hydroxylation sites is 1. The van der Waals surface area contributed by atoms with E-state index in [4.69, 9.17) is 4.74 Å². The third kappa shape index (κ3) is 3.97. The van der Waals surface area contributed by atoms with Crippen LogP contribution < -0.4 is 10.2 Å². The van der Waals surface area contributed by atoms with E-state index in [0.717, 1.165) is 20.9 Å². The summed E-state index contributed by atoms with van der Waals surface area (Å²) in [5.41, 5.74) is 4.04.